The first-order valence-corrected chi connectivity index (χ1v) is 5.31. The van der Waals surface area contributed by atoms with Gasteiger partial charge in [0.15, 0.2) is 0 Å². The average Bonchev–Trinajstić information content (AvgIpc) is 2.34. The molecular weight excluding hydrogens is 224 g/mol. The number of carboxylic acid groups (broad SMARTS) is 1. The van der Waals surface area contributed by atoms with Crippen molar-refractivity contribution in [3.05, 3.63) is 35.9 Å². The summed E-state index contributed by atoms with van der Waals surface area (Å²) in [5.74, 6) is -1.05. The van der Waals surface area contributed by atoms with Crippen molar-refractivity contribution < 1.29 is 19.4 Å². The first kappa shape index (κ1) is 13.0. The molecule has 5 heteroatoms. The minimum atomic E-state index is -1.05. The average molecular weight is 239 g/mol. The van der Waals surface area contributed by atoms with Crippen LogP contribution in [0, 0.1) is 0 Å². The molecule has 0 unspecified atom stereocenters. The Kier molecular flexibility index (Phi) is 5.00. The van der Waals surface area contributed by atoms with Crippen LogP contribution in [0.3, 0.4) is 0 Å². The monoisotopic (exact) mass is 239 g/mol. The number of likely N-dealkylation sites (N-methyl/N-ethyl adjacent to an activating group) is 1. The maximum Gasteiger partial charge on any atom is 0.410 e. The second kappa shape index (κ2) is 6.52. The molecule has 0 atom stereocenters. The molecule has 92 valence electrons. The zero-order valence-corrected chi connectivity index (χ0v) is 9.63. The van der Waals surface area contributed by atoms with Crippen LogP contribution in [0.4, 0.5) is 4.79 Å². The quantitative estimate of drug-likeness (QED) is 0.849. The predicted molar refractivity (Wildman–Crippen MR) is 61.5 cm³/mol. The van der Waals surface area contributed by atoms with Gasteiger partial charge in [0, 0.05) is 6.54 Å². The standard InChI is InChI=1S/C12H15NO4/c1-2-13(8-11(14)15)12(16)17-9-10-6-4-3-5-7-10/h3-7H,2,8-9H2,1H3,(H,14,15)/i11+2. The Bertz CT molecular complexity index is 377. The molecule has 1 N–H and O–H groups in total. The van der Waals surface area contributed by atoms with E-state index in [4.69, 9.17) is 9.84 Å². The van der Waals surface area contributed by atoms with Crippen LogP contribution in [-0.2, 0) is 16.1 Å². The second-order valence-electron chi connectivity index (χ2n) is 3.45. The lowest BCUT2D eigenvalue weighted by Gasteiger charge is -2.17. The van der Waals surface area contributed by atoms with E-state index in [1.165, 1.54) is 0 Å². The highest BCUT2D eigenvalue weighted by atomic mass is 16.6. The lowest BCUT2D eigenvalue weighted by Crippen LogP contribution is -2.35. The Morgan fingerprint density at radius 1 is 1.41 bits per heavy atom. The Balaban J connectivity index is 2.45. The van der Waals surface area contributed by atoms with Gasteiger partial charge in [0.2, 0.25) is 0 Å². The zero-order valence-electron chi connectivity index (χ0n) is 9.63. The third-order valence-corrected chi connectivity index (χ3v) is 2.17. The molecule has 0 aliphatic heterocycles. The summed E-state index contributed by atoms with van der Waals surface area (Å²) in [6, 6.07) is 9.23. The molecule has 0 spiro atoms. The Morgan fingerprint density at radius 3 is 2.59 bits per heavy atom. The first-order valence-electron chi connectivity index (χ1n) is 5.31. The van der Waals surface area contributed by atoms with Gasteiger partial charge in [-0.2, -0.15) is 0 Å². The van der Waals surface area contributed by atoms with Crippen LogP contribution in [0.1, 0.15) is 12.5 Å². The normalized spacial score (nSPS) is 9.71. The first-order chi connectivity index (χ1) is 8.13. The number of benzene rings is 1. The summed E-state index contributed by atoms with van der Waals surface area (Å²) in [6.07, 6.45) is -0.612. The second-order valence-corrected chi connectivity index (χ2v) is 3.45. The summed E-state index contributed by atoms with van der Waals surface area (Å²) in [5.41, 5.74) is 0.868. The van der Waals surface area contributed by atoms with Crippen LogP contribution >= 0.6 is 0 Å². The number of aliphatic carboxylic acids is 1. The molecule has 1 aromatic rings. The van der Waals surface area contributed by atoms with Crippen molar-refractivity contribution >= 4 is 12.1 Å². The number of carbonyl (C=O) groups is 2. The van der Waals surface area contributed by atoms with Gasteiger partial charge < -0.3 is 9.84 Å². The molecule has 0 aromatic heterocycles. The van der Waals surface area contributed by atoms with Gasteiger partial charge in [-0.25, -0.2) is 4.79 Å². The fourth-order valence-corrected chi connectivity index (χ4v) is 1.28. The predicted octanol–water partition coefficient (Wildman–Crippen LogP) is 1.73. The topological polar surface area (TPSA) is 66.8 Å². The summed E-state index contributed by atoms with van der Waals surface area (Å²) in [6.45, 7) is 1.81. The molecule has 5 nitrogen and oxygen atoms in total. The van der Waals surface area contributed by atoms with E-state index in [1.807, 2.05) is 30.3 Å². The fraction of sp³-hybridized carbons (Fsp3) is 0.333. The smallest absolute Gasteiger partial charge is 0.410 e. The molecule has 0 fully saturated rings. The number of carboxylic acids is 1. The van der Waals surface area contributed by atoms with Gasteiger partial charge >= 0.3 is 12.1 Å². The van der Waals surface area contributed by atoms with E-state index in [2.05, 4.69) is 0 Å². The van der Waals surface area contributed by atoms with Crippen molar-refractivity contribution in [1.29, 1.82) is 0 Å². The van der Waals surface area contributed by atoms with E-state index in [9.17, 15) is 9.59 Å². The number of hydrogen-bond acceptors (Lipinski definition) is 3. The number of ether oxygens (including phenoxy) is 1. The van der Waals surface area contributed by atoms with E-state index >= 15 is 0 Å². The van der Waals surface area contributed by atoms with Crippen molar-refractivity contribution in [3.8, 4) is 0 Å². The van der Waals surface area contributed by atoms with E-state index < -0.39 is 12.1 Å². The number of amides is 1. The van der Waals surface area contributed by atoms with E-state index in [-0.39, 0.29) is 13.2 Å². The van der Waals surface area contributed by atoms with Crippen molar-refractivity contribution in [1.82, 2.24) is 4.90 Å². The largest absolute Gasteiger partial charge is 0.480 e. The molecule has 0 saturated carbocycles. The van der Waals surface area contributed by atoms with Gasteiger partial charge in [-0.3, -0.25) is 9.69 Å². The van der Waals surface area contributed by atoms with E-state index in [0.29, 0.717) is 6.54 Å². The number of nitrogens with zero attached hydrogens (tertiary/aromatic N) is 1. The number of rotatable bonds is 5. The summed E-state index contributed by atoms with van der Waals surface area (Å²) in [4.78, 5) is 23.2. The lowest BCUT2D eigenvalue weighted by atomic mass is 10.2. The molecule has 1 aromatic carbocycles. The van der Waals surface area contributed by atoms with Crippen LogP contribution in [0.25, 0.3) is 0 Å². The Hall–Kier alpha value is -2.04. The zero-order chi connectivity index (χ0) is 12.7. The van der Waals surface area contributed by atoms with Gasteiger partial charge in [-0.15, -0.1) is 0 Å². The van der Waals surface area contributed by atoms with Gasteiger partial charge in [0.05, 0.1) is 0 Å². The molecule has 0 aliphatic rings. The molecule has 1 rings (SSSR count). The lowest BCUT2D eigenvalue weighted by molar-refractivity contribution is -0.138. The van der Waals surface area contributed by atoms with Crippen LogP contribution in [-0.4, -0.2) is 35.2 Å². The van der Waals surface area contributed by atoms with E-state index in [0.717, 1.165) is 10.5 Å². The third-order valence-electron chi connectivity index (χ3n) is 2.17. The maximum absolute atomic E-state index is 11.5. The number of hydrogen-bond donors (Lipinski definition) is 1. The van der Waals surface area contributed by atoms with Gasteiger partial charge in [0.1, 0.15) is 13.2 Å². The highest BCUT2D eigenvalue weighted by molar-refractivity contribution is 5.76. The van der Waals surface area contributed by atoms with Gasteiger partial charge in [0.25, 0.3) is 0 Å². The van der Waals surface area contributed by atoms with Crippen molar-refractivity contribution in [2.75, 3.05) is 13.1 Å². The van der Waals surface area contributed by atoms with Crippen molar-refractivity contribution in [2.24, 2.45) is 0 Å². The number of carbonyl (C=O) groups excluding carboxylic acids is 1. The van der Waals surface area contributed by atoms with Crippen molar-refractivity contribution in [3.63, 3.8) is 0 Å². The fourth-order valence-electron chi connectivity index (χ4n) is 1.28. The third kappa shape index (κ3) is 4.55. The summed E-state index contributed by atoms with van der Waals surface area (Å²) in [7, 11) is 0. The Labute approximate surface area is 99.6 Å². The molecule has 0 bridgehead atoms. The van der Waals surface area contributed by atoms with Crippen LogP contribution in [0.2, 0.25) is 0 Å². The van der Waals surface area contributed by atoms with Crippen LogP contribution in [0.15, 0.2) is 30.3 Å². The minimum Gasteiger partial charge on any atom is -0.480 e. The SMILES string of the molecule is CCN(C[14C](=O)O)C(=O)OCc1ccccc1. The minimum absolute atomic E-state index is 0.149. The van der Waals surface area contributed by atoms with E-state index in [1.54, 1.807) is 6.92 Å². The van der Waals surface area contributed by atoms with Crippen LogP contribution in [0.5, 0.6) is 0 Å². The Morgan fingerprint density at radius 2 is 2.06 bits per heavy atom. The van der Waals surface area contributed by atoms with Gasteiger partial charge in [-0.1, -0.05) is 30.3 Å². The van der Waals surface area contributed by atoms with Crippen molar-refractivity contribution in [2.45, 2.75) is 13.5 Å². The molecule has 0 aliphatic carbocycles. The molecule has 0 saturated heterocycles. The highest BCUT2D eigenvalue weighted by Gasteiger charge is 2.15. The van der Waals surface area contributed by atoms with Gasteiger partial charge in [-0.05, 0) is 12.5 Å². The summed E-state index contributed by atoms with van der Waals surface area (Å²) >= 11 is 0. The molecule has 0 heterocycles. The highest BCUT2D eigenvalue weighted by Crippen LogP contribution is 2.03. The molecular formula is C12H15NO4. The summed E-state index contributed by atoms with van der Waals surface area (Å²) in [5, 5.41) is 8.60. The molecule has 17 heavy (non-hydrogen) atoms. The summed E-state index contributed by atoms with van der Waals surface area (Å²) < 4.78 is 5.01. The molecule has 0 radical (unpaired) electrons. The van der Waals surface area contributed by atoms with Crippen LogP contribution < -0.4 is 0 Å². The molecule has 1 amide bonds. The maximum atomic E-state index is 11.5.